The number of amides is 1. The highest BCUT2D eigenvalue weighted by molar-refractivity contribution is 5.65. The van der Waals surface area contributed by atoms with Crippen molar-refractivity contribution in [3.05, 3.63) is 0 Å². The molecule has 0 radical (unpaired) electrons. The summed E-state index contributed by atoms with van der Waals surface area (Å²) in [4.78, 5) is 13.2. The molecule has 6 heteroatoms. The number of hydrogen-bond donors (Lipinski definition) is 1. The normalized spacial score (nSPS) is 29.2. The molecule has 0 aromatic heterocycles. The highest BCUT2D eigenvalue weighted by atomic mass is 19.3. The molecule has 2 aliphatic rings. The Labute approximate surface area is 137 Å². The van der Waals surface area contributed by atoms with E-state index in [-0.39, 0.29) is 12.8 Å². The topological polar surface area (TPSA) is 55.6 Å². The third-order valence-electron chi connectivity index (χ3n) is 5.28. The van der Waals surface area contributed by atoms with Gasteiger partial charge in [0.25, 0.3) is 5.92 Å². The highest BCUT2D eigenvalue weighted by Crippen LogP contribution is 2.38. The van der Waals surface area contributed by atoms with Gasteiger partial charge in [0.05, 0.1) is 0 Å². The molecule has 0 spiro atoms. The van der Waals surface area contributed by atoms with Gasteiger partial charge >= 0.3 is 6.09 Å². The summed E-state index contributed by atoms with van der Waals surface area (Å²) in [5.74, 6) is -1.54. The number of alkyl halides is 2. The summed E-state index contributed by atoms with van der Waals surface area (Å²) >= 11 is 0. The lowest BCUT2D eigenvalue weighted by Gasteiger charge is -2.40. The number of primary amides is 1. The first-order valence-corrected chi connectivity index (χ1v) is 8.75. The lowest BCUT2D eigenvalue weighted by atomic mass is 9.74. The maximum Gasteiger partial charge on any atom is 0.405 e. The molecular formula is C17H30F2N2O2. The Morgan fingerprint density at radius 3 is 2.35 bits per heavy atom. The van der Waals surface area contributed by atoms with Crippen molar-refractivity contribution in [3.8, 4) is 0 Å². The fraction of sp³-hybridized carbons (Fsp3) is 0.941. The third-order valence-corrected chi connectivity index (χ3v) is 5.28. The Morgan fingerprint density at radius 1 is 1.22 bits per heavy atom. The van der Waals surface area contributed by atoms with Gasteiger partial charge in [-0.15, -0.1) is 0 Å². The molecule has 2 unspecified atom stereocenters. The molecule has 1 aliphatic heterocycles. The molecule has 0 aromatic carbocycles. The molecule has 2 atom stereocenters. The van der Waals surface area contributed by atoms with Crippen LogP contribution in [0.5, 0.6) is 0 Å². The smallest absolute Gasteiger partial charge is 0.405 e. The van der Waals surface area contributed by atoms with Gasteiger partial charge < -0.3 is 15.4 Å². The lowest BCUT2D eigenvalue weighted by Crippen LogP contribution is -2.44. The van der Waals surface area contributed by atoms with Gasteiger partial charge in [-0.25, -0.2) is 13.6 Å². The molecule has 2 fully saturated rings. The second-order valence-electron chi connectivity index (χ2n) is 7.85. The molecule has 2 N–H and O–H groups in total. The van der Waals surface area contributed by atoms with Crippen LogP contribution in [0.3, 0.4) is 0 Å². The summed E-state index contributed by atoms with van der Waals surface area (Å²) in [6.07, 6.45) is 4.62. The minimum Gasteiger partial charge on any atom is -0.444 e. The van der Waals surface area contributed by atoms with Crippen molar-refractivity contribution in [2.24, 2.45) is 17.6 Å². The van der Waals surface area contributed by atoms with Crippen LogP contribution in [-0.4, -0.2) is 42.2 Å². The van der Waals surface area contributed by atoms with Gasteiger partial charge in [0.1, 0.15) is 5.60 Å². The van der Waals surface area contributed by atoms with E-state index in [1.807, 2.05) is 13.8 Å². The van der Waals surface area contributed by atoms with E-state index in [9.17, 15) is 13.6 Å². The summed E-state index contributed by atoms with van der Waals surface area (Å²) in [5, 5.41) is 0. The number of nitrogens with zero attached hydrogens (tertiary/aromatic N) is 1. The minimum atomic E-state index is -2.49. The standard InChI is InChI=1S/C17H30F2N2O2/c1-16(2,23-15(20)22)11-13-5-3-4-6-14(13)12-21-9-7-17(18,19)8-10-21/h13-14H,3-12H2,1-2H3,(H2,20,22). The van der Waals surface area contributed by atoms with E-state index in [1.54, 1.807) is 0 Å². The molecule has 2 rings (SSSR count). The van der Waals surface area contributed by atoms with Gasteiger partial charge in [-0.2, -0.15) is 0 Å². The maximum absolute atomic E-state index is 13.3. The summed E-state index contributed by atoms with van der Waals surface area (Å²) in [6, 6.07) is 0. The van der Waals surface area contributed by atoms with Crippen molar-refractivity contribution < 1.29 is 18.3 Å². The zero-order chi connectivity index (χ0) is 17.1. The number of carbonyl (C=O) groups is 1. The average Bonchev–Trinajstić information content (AvgIpc) is 2.41. The number of ether oxygens (including phenoxy) is 1. The Hall–Kier alpha value is -0.910. The maximum atomic E-state index is 13.3. The van der Waals surface area contributed by atoms with Gasteiger partial charge in [-0.1, -0.05) is 12.8 Å². The van der Waals surface area contributed by atoms with Crippen molar-refractivity contribution in [1.82, 2.24) is 4.90 Å². The number of hydrogen-bond acceptors (Lipinski definition) is 3. The monoisotopic (exact) mass is 332 g/mol. The van der Waals surface area contributed by atoms with Crippen molar-refractivity contribution in [2.75, 3.05) is 19.6 Å². The zero-order valence-corrected chi connectivity index (χ0v) is 14.3. The SMILES string of the molecule is CC(C)(CC1CCCCC1CN1CCC(F)(F)CC1)OC(N)=O. The first-order chi connectivity index (χ1) is 10.7. The number of nitrogens with two attached hydrogens (primary N) is 1. The van der Waals surface area contributed by atoms with Crippen LogP contribution in [0.4, 0.5) is 13.6 Å². The van der Waals surface area contributed by atoms with Crippen molar-refractivity contribution >= 4 is 6.09 Å². The fourth-order valence-corrected chi connectivity index (χ4v) is 4.13. The molecular weight excluding hydrogens is 302 g/mol. The highest BCUT2D eigenvalue weighted by Gasteiger charge is 2.37. The van der Waals surface area contributed by atoms with Crippen LogP contribution < -0.4 is 5.73 Å². The zero-order valence-electron chi connectivity index (χ0n) is 14.3. The van der Waals surface area contributed by atoms with E-state index in [0.29, 0.717) is 24.9 Å². The van der Waals surface area contributed by atoms with Crippen molar-refractivity contribution in [1.29, 1.82) is 0 Å². The Balaban J connectivity index is 1.89. The van der Waals surface area contributed by atoms with Crippen LogP contribution in [0.25, 0.3) is 0 Å². The number of rotatable bonds is 5. The van der Waals surface area contributed by atoms with Gasteiger partial charge in [0.15, 0.2) is 0 Å². The van der Waals surface area contributed by atoms with E-state index >= 15 is 0 Å². The summed E-state index contributed by atoms with van der Waals surface area (Å²) < 4.78 is 31.8. The van der Waals surface area contributed by atoms with Crippen LogP contribution in [0.1, 0.15) is 58.8 Å². The number of likely N-dealkylation sites (tertiary alicyclic amines) is 1. The van der Waals surface area contributed by atoms with E-state index in [1.165, 1.54) is 12.8 Å². The van der Waals surface area contributed by atoms with Gasteiger partial charge in [-0.05, 0) is 44.9 Å². The quantitative estimate of drug-likeness (QED) is 0.833. The lowest BCUT2D eigenvalue weighted by molar-refractivity contribution is -0.0611. The van der Waals surface area contributed by atoms with Gasteiger partial charge in [-0.3, -0.25) is 0 Å². The van der Waals surface area contributed by atoms with Gasteiger partial charge in [0.2, 0.25) is 0 Å². The average molecular weight is 332 g/mol. The molecule has 134 valence electrons. The predicted molar refractivity (Wildman–Crippen MR) is 85.4 cm³/mol. The molecule has 4 nitrogen and oxygen atoms in total. The molecule has 0 aromatic rings. The van der Waals surface area contributed by atoms with Crippen LogP contribution in [0, 0.1) is 11.8 Å². The predicted octanol–water partition coefficient (Wildman–Crippen LogP) is 3.79. The van der Waals surface area contributed by atoms with Crippen LogP contribution >= 0.6 is 0 Å². The molecule has 1 saturated heterocycles. The van der Waals surface area contributed by atoms with E-state index in [2.05, 4.69) is 4.90 Å². The minimum absolute atomic E-state index is 0.0271. The van der Waals surface area contributed by atoms with E-state index in [0.717, 1.165) is 25.8 Å². The summed E-state index contributed by atoms with van der Waals surface area (Å²) in [7, 11) is 0. The largest absolute Gasteiger partial charge is 0.444 e. The van der Waals surface area contributed by atoms with Crippen LogP contribution in [0.15, 0.2) is 0 Å². The Morgan fingerprint density at radius 2 is 1.78 bits per heavy atom. The van der Waals surface area contributed by atoms with E-state index < -0.39 is 17.6 Å². The first-order valence-electron chi connectivity index (χ1n) is 8.75. The number of piperidine rings is 1. The number of halogens is 2. The van der Waals surface area contributed by atoms with Gasteiger partial charge in [0, 0.05) is 32.5 Å². The second-order valence-corrected chi connectivity index (χ2v) is 7.85. The molecule has 1 saturated carbocycles. The molecule has 1 aliphatic carbocycles. The Bertz CT molecular complexity index is 405. The van der Waals surface area contributed by atoms with Crippen LogP contribution in [0.2, 0.25) is 0 Å². The van der Waals surface area contributed by atoms with Crippen molar-refractivity contribution in [2.45, 2.75) is 70.3 Å². The summed E-state index contributed by atoms with van der Waals surface area (Å²) in [5.41, 5.74) is 4.58. The molecule has 1 amide bonds. The van der Waals surface area contributed by atoms with Crippen LogP contribution in [-0.2, 0) is 4.74 Å². The first kappa shape index (κ1) is 18.4. The summed E-state index contributed by atoms with van der Waals surface area (Å²) in [6.45, 7) is 5.64. The molecule has 1 heterocycles. The molecule has 23 heavy (non-hydrogen) atoms. The van der Waals surface area contributed by atoms with E-state index in [4.69, 9.17) is 10.5 Å². The number of carbonyl (C=O) groups excluding carboxylic acids is 1. The Kier molecular flexibility index (Phi) is 5.87. The molecule has 0 bridgehead atoms. The second kappa shape index (κ2) is 7.32. The fourth-order valence-electron chi connectivity index (χ4n) is 4.13. The third kappa shape index (κ3) is 5.90. The van der Waals surface area contributed by atoms with Crippen molar-refractivity contribution in [3.63, 3.8) is 0 Å².